The standard InChI is InChI=1S/C24H23N3OS/c1-16-11-12-21(17(2)14-16)27-22(15-20(26-27)23-10-7-13-29-23)24(28)25-18(3)19-8-5-4-6-9-19/h4-15,18H,1-3H3,(H,25,28). The van der Waals surface area contributed by atoms with E-state index in [0.717, 1.165) is 27.4 Å². The number of hydrogen-bond acceptors (Lipinski definition) is 3. The number of aryl methyl sites for hydroxylation is 2. The number of hydrogen-bond donors (Lipinski definition) is 1. The van der Waals surface area contributed by atoms with Crippen LogP contribution in [0.4, 0.5) is 0 Å². The van der Waals surface area contributed by atoms with Gasteiger partial charge in [-0.1, -0.05) is 54.1 Å². The Hall–Kier alpha value is -3.18. The van der Waals surface area contributed by atoms with Crippen LogP contribution in [0.1, 0.15) is 40.1 Å². The number of carbonyl (C=O) groups excluding carboxylic acids is 1. The molecule has 146 valence electrons. The van der Waals surface area contributed by atoms with Gasteiger partial charge in [-0.05, 0) is 55.5 Å². The molecule has 1 amide bonds. The van der Waals surface area contributed by atoms with E-state index in [-0.39, 0.29) is 11.9 Å². The number of thiophene rings is 1. The second-order valence-corrected chi connectivity index (χ2v) is 8.15. The van der Waals surface area contributed by atoms with E-state index in [4.69, 9.17) is 5.10 Å². The number of carbonyl (C=O) groups is 1. The zero-order valence-electron chi connectivity index (χ0n) is 16.7. The topological polar surface area (TPSA) is 46.9 Å². The second-order valence-electron chi connectivity index (χ2n) is 7.20. The SMILES string of the molecule is Cc1ccc(-n2nc(-c3cccs3)cc2C(=O)NC(C)c2ccccc2)c(C)c1. The summed E-state index contributed by atoms with van der Waals surface area (Å²) in [5.74, 6) is -0.142. The number of aromatic nitrogens is 2. The van der Waals surface area contributed by atoms with Crippen LogP contribution in [-0.2, 0) is 0 Å². The van der Waals surface area contributed by atoms with Crippen molar-refractivity contribution in [2.45, 2.75) is 26.8 Å². The number of nitrogens with one attached hydrogen (secondary N) is 1. The smallest absolute Gasteiger partial charge is 0.270 e. The molecule has 1 unspecified atom stereocenters. The van der Waals surface area contributed by atoms with Crippen LogP contribution >= 0.6 is 11.3 Å². The Kier molecular flexibility index (Phi) is 5.32. The molecule has 4 aromatic rings. The summed E-state index contributed by atoms with van der Waals surface area (Å²) in [7, 11) is 0. The molecule has 5 heteroatoms. The van der Waals surface area contributed by atoms with Gasteiger partial charge in [0.2, 0.25) is 0 Å². The Morgan fingerprint density at radius 2 is 1.83 bits per heavy atom. The van der Waals surface area contributed by atoms with Crippen molar-refractivity contribution >= 4 is 17.2 Å². The van der Waals surface area contributed by atoms with E-state index in [1.807, 2.05) is 79.9 Å². The third-order valence-electron chi connectivity index (χ3n) is 4.94. The molecule has 0 aliphatic heterocycles. The fraction of sp³-hybridized carbons (Fsp3) is 0.167. The van der Waals surface area contributed by atoms with Crippen LogP contribution in [0.5, 0.6) is 0 Å². The highest BCUT2D eigenvalue weighted by Gasteiger charge is 2.20. The molecule has 29 heavy (non-hydrogen) atoms. The molecule has 0 aliphatic rings. The first kappa shape index (κ1) is 19.2. The zero-order valence-corrected chi connectivity index (χ0v) is 17.5. The van der Waals surface area contributed by atoms with Crippen LogP contribution in [0.3, 0.4) is 0 Å². The molecule has 0 spiro atoms. The van der Waals surface area contributed by atoms with Crippen molar-refractivity contribution in [2.24, 2.45) is 0 Å². The summed E-state index contributed by atoms with van der Waals surface area (Å²) in [6, 6.07) is 21.9. The molecule has 0 saturated carbocycles. The van der Waals surface area contributed by atoms with Crippen LogP contribution in [-0.4, -0.2) is 15.7 Å². The van der Waals surface area contributed by atoms with Gasteiger partial charge < -0.3 is 5.32 Å². The van der Waals surface area contributed by atoms with Crippen LogP contribution < -0.4 is 5.32 Å². The van der Waals surface area contributed by atoms with E-state index in [2.05, 4.69) is 18.3 Å². The lowest BCUT2D eigenvalue weighted by Crippen LogP contribution is -2.28. The number of nitrogens with zero attached hydrogens (tertiary/aromatic N) is 2. The fourth-order valence-corrected chi connectivity index (χ4v) is 4.09. The van der Waals surface area contributed by atoms with Gasteiger partial charge in [-0.3, -0.25) is 4.79 Å². The zero-order chi connectivity index (χ0) is 20.4. The van der Waals surface area contributed by atoms with Crippen LogP contribution in [0.25, 0.3) is 16.3 Å². The molecule has 0 fully saturated rings. The molecule has 1 N–H and O–H groups in total. The highest BCUT2D eigenvalue weighted by Crippen LogP contribution is 2.27. The molecule has 0 radical (unpaired) electrons. The number of rotatable bonds is 5. The van der Waals surface area contributed by atoms with E-state index in [1.54, 1.807) is 16.0 Å². The summed E-state index contributed by atoms with van der Waals surface area (Å²) in [6.07, 6.45) is 0. The molecule has 2 aromatic carbocycles. The number of benzene rings is 2. The first-order chi connectivity index (χ1) is 14.0. The average molecular weight is 402 g/mol. The molecule has 0 saturated heterocycles. The second kappa shape index (κ2) is 8.05. The Morgan fingerprint density at radius 3 is 2.52 bits per heavy atom. The molecule has 2 heterocycles. The summed E-state index contributed by atoms with van der Waals surface area (Å²) in [5, 5.41) is 9.91. The lowest BCUT2D eigenvalue weighted by molar-refractivity contribution is 0.0932. The quantitative estimate of drug-likeness (QED) is 0.466. The molecule has 0 aliphatic carbocycles. The van der Waals surface area contributed by atoms with Gasteiger partial charge in [-0.25, -0.2) is 4.68 Å². The Bertz CT molecular complexity index is 1130. The molecular formula is C24H23N3OS. The Balaban J connectivity index is 1.74. The van der Waals surface area contributed by atoms with Crippen molar-refractivity contribution in [3.63, 3.8) is 0 Å². The fourth-order valence-electron chi connectivity index (χ4n) is 3.41. The van der Waals surface area contributed by atoms with Gasteiger partial charge in [0, 0.05) is 0 Å². The van der Waals surface area contributed by atoms with Gasteiger partial charge >= 0.3 is 0 Å². The third-order valence-corrected chi connectivity index (χ3v) is 5.84. The van der Waals surface area contributed by atoms with Crippen LogP contribution in [0.2, 0.25) is 0 Å². The van der Waals surface area contributed by atoms with Gasteiger partial charge in [0.15, 0.2) is 0 Å². The molecular weight excluding hydrogens is 378 g/mol. The summed E-state index contributed by atoms with van der Waals surface area (Å²) in [6.45, 7) is 6.10. The normalized spacial score (nSPS) is 12.0. The van der Waals surface area contributed by atoms with Crippen molar-refractivity contribution < 1.29 is 4.79 Å². The van der Waals surface area contributed by atoms with Gasteiger partial charge in [-0.15, -0.1) is 11.3 Å². The molecule has 4 nitrogen and oxygen atoms in total. The maximum atomic E-state index is 13.2. The average Bonchev–Trinajstić information content (AvgIpc) is 3.38. The maximum Gasteiger partial charge on any atom is 0.270 e. The van der Waals surface area contributed by atoms with E-state index in [0.29, 0.717) is 5.69 Å². The highest BCUT2D eigenvalue weighted by molar-refractivity contribution is 7.13. The molecule has 1 atom stereocenters. The van der Waals surface area contributed by atoms with Crippen molar-refractivity contribution in [2.75, 3.05) is 0 Å². The number of amides is 1. The van der Waals surface area contributed by atoms with Crippen molar-refractivity contribution in [1.29, 1.82) is 0 Å². The van der Waals surface area contributed by atoms with E-state index >= 15 is 0 Å². The Morgan fingerprint density at radius 1 is 1.03 bits per heavy atom. The van der Waals surface area contributed by atoms with Crippen molar-refractivity contribution in [1.82, 2.24) is 15.1 Å². The van der Waals surface area contributed by atoms with Crippen molar-refractivity contribution in [3.05, 3.63) is 94.5 Å². The lowest BCUT2D eigenvalue weighted by Gasteiger charge is -2.15. The third kappa shape index (κ3) is 4.00. The highest BCUT2D eigenvalue weighted by atomic mass is 32.1. The molecule has 0 bridgehead atoms. The minimum absolute atomic E-state index is 0.101. The summed E-state index contributed by atoms with van der Waals surface area (Å²) >= 11 is 1.61. The first-order valence-electron chi connectivity index (χ1n) is 9.60. The predicted octanol–water partition coefficient (Wildman–Crippen LogP) is 5.71. The van der Waals surface area contributed by atoms with Crippen LogP contribution in [0.15, 0.2) is 72.1 Å². The van der Waals surface area contributed by atoms with Crippen LogP contribution in [0, 0.1) is 13.8 Å². The largest absolute Gasteiger partial charge is 0.344 e. The van der Waals surface area contributed by atoms with E-state index in [9.17, 15) is 4.79 Å². The molecule has 2 aromatic heterocycles. The van der Waals surface area contributed by atoms with Crippen molar-refractivity contribution in [3.8, 4) is 16.3 Å². The van der Waals surface area contributed by atoms with Gasteiger partial charge in [0.25, 0.3) is 5.91 Å². The van der Waals surface area contributed by atoms with E-state index < -0.39 is 0 Å². The minimum Gasteiger partial charge on any atom is -0.344 e. The van der Waals surface area contributed by atoms with E-state index in [1.165, 1.54) is 5.56 Å². The maximum absolute atomic E-state index is 13.2. The minimum atomic E-state index is -0.142. The lowest BCUT2D eigenvalue weighted by atomic mass is 10.1. The predicted molar refractivity (Wildman–Crippen MR) is 119 cm³/mol. The van der Waals surface area contributed by atoms with Gasteiger partial charge in [0.1, 0.15) is 11.4 Å². The first-order valence-corrected chi connectivity index (χ1v) is 10.5. The Labute approximate surface area is 174 Å². The summed E-state index contributed by atoms with van der Waals surface area (Å²) in [5.41, 5.74) is 5.57. The summed E-state index contributed by atoms with van der Waals surface area (Å²) < 4.78 is 1.76. The van der Waals surface area contributed by atoms with Gasteiger partial charge in [-0.2, -0.15) is 5.10 Å². The molecule has 4 rings (SSSR count). The summed E-state index contributed by atoms with van der Waals surface area (Å²) in [4.78, 5) is 14.3. The monoisotopic (exact) mass is 401 g/mol. The van der Waals surface area contributed by atoms with Gasteiger partial charge in [0.05, 0.1) is 16.6 Å².